The molecule has 0 heterocycles. The number of rotatable bonds is 5. The molecule has 0 aliphatic rings. The van der Waals surface area contributed by atoms with Gasteiger partial charge in [-0.1, -0.05) is 12.2 Å². The molecule has 0 saturated heterocycles. The van der Waals surface area contributed by atoms with Crippen molar-refractivity contribution in [1.82, 2.24) is 0 Å². The van der Waals surface area contributed by atoms with Gasteiger partial charge in [-0.05, 0) is 30.7 Å². The molecule has 2 heteroatoms. The smallest absolute Gasteiger partial charge is 0.0673 e. The second-order valence-corrected chi connectivity index (χ2v) is 2.60. The molecule has 0 aromatic heterocycles. The highest BCUT2D eigenvalue weighted by Gasteiger charge is 1.92. The summed E-state index contributed by atoms with van der Waals surface area (Å²) < 4.78 is 5.01. The first-order valence-electron chi connectivity index (χ1n) is 3.77. The number of allylic oxidation sites excluding steroid dienone is 2. The summed E-state index contributed by atoms with van der Waals surface area (Å²) in [6.45, 7) is 2.79. The molecule has 0 saturated carbocycles. The van der Waals surface area contributed by atoms with Gasteiger partial charge in [0.05, 0.1) is 6.61 Å². The Morgan fingerprint density at radius 1 is 1.55 bits per heavy atom. The molecule has 0 aliphatic heterocycles. The summed E-state index contributed by atoms with van der Waals surface area (Å²) in [6, 6.07) is 0. The second-order valence-electron chi connectivity index (χ2n) is 2.30. The Labute approximate surface area is 74.5 Å². The van der Waals surface area contributed by atoms with E-state index >= 15 is 0 Å². The van der Waals surface area contributed by atoms with Crippen molar-refractivity contribution in [1.29, 1.82) is 0 Å². The van der Waals surface area contributed by atoms with Crippen LogP contribution >= 0.6 is 12.6 Å². The van der Waals surface area contributed by atoms with Gasteiger partial charge in [-0.25, -0.2) is 0 Å². The fourth-order valence-corrected chi connectivity index (χ4v) is 0.978. The average Bonchev–Trinajstić information content (AvgIpc) is 2.03. The Kier molecular flexibility index (Phi) is 7.74. The van der Waals surface area contributed by atoms with Crippen LogP contribution in [0.1, 0.15) is 19.8 Å². The third-order valence-corrected chi connectivity index (χ3v) is 1.69. The molecule has 0 bridgehead atoms. The zero-order valence-corrected chi connectivity index (χ0v) is 8.10. The molecule has 0 aliphatic carbocycles. The molecule has 0 fully saturated rings. The van der Waals surface area contributed by atoms with E-state index in [4.69, 9.17) is 4.74 Å². The quantitative estimate of drug-likeness (QED) is 0.495. The lowest BCUT2D eigenvalue weighted by molar-refractivity contribution is 0.223. The molecule has 64 valence electrons. The zero-order chi connectivity index (χ0) is 8.53. The molecule has 0 atom stereocenters. The Morgan fingerprint density at radius 3 is 2.73 bits per heavy atom. The maximum absolute atomic E-state index is 5.01. The fourth-order valence-electron chi connectivity index (χ4n) is 0.828. The maximum Gasteiger partial charge on any atom is 0.0673 e. The highest BCUT2D eigenvalue weighted by atomic mass is 32.1. The molecule has 11 heavy (non-hydrogen) atoms. The molecular formula is C9H16OS. The lowest BCUT2D eigenvalue weighted by Crippen LogP contribution is -1.93. The van der Waals surface area contributed by atoms with E-state index in [1.807, 2.05) is 13.0 Å². The maximum atomic E-state index is 5.01. The van der Waals surface area contributed by atoms with Crippen molar-refractivity contribution in [2.24, 2.45) is 0 Å². The molecule has 0 spiro atoms. The number of ether oxygens (including phenoxy) is 1. The Balaban J connectivity index is 3.53. The van der Waals surface area contributed by atoms with Gasteiger partial charge in [0.2, 0.25) is 0 Å². The van der Waals surface area contributed by atoms with E-state index in [1.165, 1.54) is 5.57 Å². The average molecular weight is 172 g/mol. The van der Waals surface area contributed by atoms with Crippen LogP contribution < -0.4 is 0 Å². The summed E-state index contributed by atoms with van der Waals surface area (Å²) in [5.74, 6) is 0. The van der Waals surface area contributed by atoms with Crippen LogP contribution in [0.3, 0.4) is 0 Å². The molecule has 0 unspecified atom stereocenters. The Bertz CT molecular complexity index is 138. The van der Waals surface area contributed by atoms with E-state index in [9.17, 15) is 0 Å². The Hall–Kier alpha value is -0.210. The lowest BCUT2D eigenvalue weighted by Gasteiger charge is -2.02. The Morgan fingerprint density at radius 2 is 2.27 bits per heavy atom. The van der Waals surface area contributed by atoms with E-state index < -0.39 is 0 Å². The van der Waals surface area contributed by atoms with E-state index in [-0.39, 0.29) is 0 Å². The van der Waals surface area contributed by atoms with Gasteiger partial charge in [0, 0.05) is 7.11 Å². The van der Waals surface area contributed by atoms with E-state index in [0.717, 1.165) is 19.4 Å². The van der Waals surface area contributed by atoms with Crippen LogP contribution in [0.25, 0.3) is 0 Å². The first-order chi connectivity index (χ1) is 5.35. The van der Waals surface area contributed by atoms with Gasteiger partial charge in [-0.2, -0.15) is 12.6 Å². The molecule has 0 radical (unpaired) electrons. The van der Waals surface area contributed by atoms with Gasteiger partial charge in [-0.15, -0.1) is 0 Å². The van der Waals surface area contributed by atoms with Crippen molar-refractivity contribution in [3.8, 4) is 0 Å². The van der Waals surface area contributed by atoms with Crippen molar-refractivity contribution >= 4 is 12.6 Å². The van der Waals surface area contributed by atoms with Crippen LogP contribution in [-0.2, 0) is 4.74 Å². The minimum Gasteiger partial charge on any atom is -0.380 e. The minimum atomic E-state index is 0.747. The number of hydrogen-bond acceptors (Lipinski definition) is 2. The van der Waals surface area contributed by atoms with Crippen LogP contribution in [0, 0.1) is 0 Å². The van der Waals surface area contributed by atoms with Crippen molar-refractivity contribution in [3.63, 3.8) is 0 Å². The molecule has 0 amide bonds. The van der Waals surface area contributed by atoms with Crippen LogP contribution in [0.15, 0.2) is 23.1 Å². The molecular weight excluding hydrogens is 156 g/mol. The van der Waals surface area contributed by atoms with Gasteiger partial charge in [0.1, 0.15) is 0 Å². The largest absolute Gasteiger partial charge is 0.380 e. The fraction of sp³-hybridized carbons (Fsp3) is 0.556. The number of hydrogen-bond donors (Lipinski definition) is 1. The summed E-state index contributed by atoms with van der Waals surface area (Å²) in [5.41, 5.74) is 1.35. The first-order valence-corrected chi connectivity index (χ1v) is 4.29. The summed E-state index contributed by atoms with van der Waals surface area (Å²) in [4.78, 5) is 0. The van der Waals surface area contributed by atoms with Crippen molar-refractivity contribution in [3.05, 3.63) is 23.1 Å². The summed E-state index contributed by atoms with van der Waals surface area (Å²) in [7, 11) is 1.72. The van der Waals surface area contributed by atoms with E-state index in [2.05, 4.69) is 18.7 Å². The monoisotopic (exact) mass is 172 g/mol. The SMILES string of the molecule is C/C=C(\CC/C=C/S)COC. The minimum absolute atomic E-state index is 0.747. The van der Waals surface area contributed by atoms with Gasteiger partial charge in [-0.3, -0.25) is 0 Å². The van der Waals surface area contributed by atoms with E-state index in [1.54, 1.807) is 12.5 Å². The predicted octanol–water partition coefficient (Wildman–Crippen LogP) is 2.80. The van der Waals surface area contributed by atoms with Crippen LogP contribution in [0.4, 0.5) is 0 Å². The van der Waals surface area contributed by atoms with Gasteiger partial charge in [0.15, 0.2) is 0 Å². The third-order valence-electron chi connectivity index (χ3n) is 1.48. The van der Waals surface area contributed by atoms with Crippen LogP contribution in [-0.4, -0.2) is 13.7 Å². The van der Waals surface area contributed by atoms with Gasteiger partial charge in [0.25, 0.3) is 0 Å². The highest BCUT2D eigenvalue weighted by Crippen LogP contribution is 2.05. The number of thiol groups is 1. The van der Waals surface area contributed by atoms with Crippen LogP contribution in [0.5, 0.6) is 0 Å². The molecule has 0 N–H and O–H groups in total. The molecule has 1 nitrogen and oxygen atoms in total. The second kappa shape index (κ2) is 7.89. The third kappa shape index (κ3) is 6.20. The highest BCUT2D eigenvalue weighted by molar-refractivity contribution is 7.83. The molecule has 0 aromatic rings. The molecule has 0 rings (SSSR count). The predicted molar refractivity (Wildman–Crippen MR) is 53.0 cm³/mol. The summed E-state index contributed by atoms with van der Waals surface area (Å²) >= 11 is 3.97. The van der Waals surface area contributed by atoms with Gasteiger partial charge < -0.3 is 4.74 Å². The topological polar surface area (TPSA) is 9.23 Å². The van der Waals surface area contributed by atoms with Crippen molar-refractivity contribution < 1.29 is 4.74 Å². The normalized spacial score (nSPS) is 12.8. The van der Waals surface area contributed by atoms with Gasteiger partial charge >= 0.3 is 0 Å². The number of methoxy groups -OCH3 is 1. The van der Waals surface area contributed by atoms with Crippen molar-refractivity contribution in [2.45, 2.75) is 19.8 Å². The van der Waals surface area contributed by atoms with E-state index in [0.29, 0.717) is 0 Å². The summed E-state index contributed by atoms with van der Waals surface area (Å²) in [6.07, 6.45) is 6.27. The zero-order valence-electron chi connectivity index (χ0n) is 7.21. The standard InChI is InChI=1S/C9H16OS/c1-3-9(8-10-2)6-4-5-7-11/h3,5,7,11H,4,6,8H2,1-2H3/b7-5+,9-3+. The summed E-state index contributed by atoms with van der Waals surface area (Å²) in [5, 5.41) is 1.78. The molecule has 0 aromatic carbocycles. The van der Waals surface area contributed by atoms with Crippen molar-refractivity contribution in [2.75, 3.05) is 13.7 Å². The van der Waals surface area contributed by atoms with Crippen LogP contribution in [0.2, 0.25) is 0 Å². The first kappa shape index (κ1) is 10.8. The lowest BCUT2D eigenvalue weighted by atomic mass is 10.1.